The number of primary sulfonamides is 1. The fourth-order valence-corrected chi connectivity index (χ4v) is 6.40. The first-order valence-electron chi connectivity index (χ1n) is 9.45. The third-order valence-electron chi connectivity index (χ3n) is 4.97. The Morgan fingerprint density at radius 1 is 1.13 bits per heavy atom. The molecule has 0 bridgehead atoms. The van der Waals surface area contributed by atoms with E-state index >= 15 is 0 Å². The molecule has 1 saturated heterocycles. The monoisotopic (exact) mass is 470 g/mol. The molecule has 2 N–H and O–H groups in total. The highest BCUT2D eigenvalue weighted by Gasteiger charge is 2.30. The van der Waals surface area contributed by atoms with Crippen LogP contribution >= 0.6 is 11.8 Å². The van der Waals surface area contributed by atoms with Gasteiger partial charge in [0.25, 0.3) is 10.0 Å². The predicted octanol–water partition coefficient (Wildman–Crippen LogP) is 2.37. The van der Waals surface area contributed by atoms with Crippen LogP contribution in [0.1, 0.15) is 25.5 Å². The van der Waals surface area contributed by atoms with Gasteiger partial charge in [0.1, 0.15) is 5.76 Å². The number of benzene rings is 1. The topological polar surface area (TPSA) is 128 Å². The van der Waals surface area contributed by atoms with Crippen molar-refractivity contribution < 1.29 is 21.3 Å². The second-order valence-corrected chi connectivity index (χ2v) is 11.3. The summed E-state index contributed by atoms with van der Waals surface area (Å²) in [5.74, 6) is 0.915. The second kappa shape index (κ2) is 8.00. The van der Waals surface area contributed by atoms with Crippen LogP contribution in [0, 0.1) is 0 Å². The first-order valence-corrected chi connectivity index (χ1v) is 13.4. The standard InChI is InChI=1S/C18H22N4O5S3/c1-2-22-16-7-6-14(29(19,23)24)11-15(16)20-18(22)28-12-13-5-8-17(27-13)30(25,26)21-9-3-4-10-21/h5-8,11H,2-4,9-10,12H2,1H3,(H2,19,23,24). The van der Waals surface area contributed by atoms with Crippen LogP contribution in [0.25, 0.3) is 11.0 Å². The van der Waals surface area contributed by atoms with Crippen molar-refractivity contribution >= 4 is 42.8 Å². The highest BCUT2D eigenvalue weighted by Crippen LogP contribution is 2.30. The van der Waals surface area contributed by atoms with Crippen LogP contribution in [0.4, 0.5) is 0 Å². The number of rotatable bonds is 7. The van der Waals surface area contributed by atoms with Crippen molar-refractivity contribution in [2.45, 2.75) is 47.2 Å². The maximum Gasteiger partial charge on any atom is 0.276 e. The van der Waals surface area contributed by atoms with Gasteiger partial charge in [-0.25, -0.2) is 27.0 Å². The van der Waals surface area contributed by atoms with Crippen LogP contribution in [0.15, 0.2) is 49.9 Å². The minimum Gasteiger partial charge on any atom is -0.447 e. The van der Waals surface area contributed by atoms with E-state index in [1.54, 1.807) is 12.1 Å². The molecule has 12 heteroatoms. The Hall–Kier alpha value is -1.86. The largest absolute Gasteiger partial charge is 0.447 e. The summed E-state index contributed by atoms with van der Waals surface area (Å²) in [6.45, 7) is 3.65. The Morgan fingerprint density at radius 2 is 1.87 bits per heavy atom. The third-order valence-corrected chi connectivity index (χ3v) is 8.65. The van der Waals surface area contributed by atoms with Gasteiger partial charge in [0.05, 0.1) is 21.7 Å². The van der Waals surface area contributed by atoms with E-state index in [9.17, 15) is 16.8 Å². The quantitative estimate of drug-likeness (QED) is 0.525. The van der Waals surface area contributed by atoms with E-state index in [2.05, 4.69) is 4.98 Å². The summed E-state index contributed by atoms with van der Waals surface area (Å²) in [5, 5.41) is 5.85. The smallest absolute Gasteiger partial charge is 0.276 e. The molecular formula is C18H22N4O5S3. The Bertz CT molecular complexity index is 1290. The molecule has 2 aromatic heterocycles. The molecule has 9 nitrogen and oxygen atoms in total. The molecule has 3 aromatic rings. The molecule has 1 aliphatic rings. The zero-order chi connectivity index (χ0) is 21.5. The molecule has 0 aliphatic carbocycles. The van der Waals surface area contributed by atoms with E-state index in [4.69, 9.17) is 9.56 Å². The molecule has 0 radical (unpaired) electrons. The molecular weight excluding hydrogens is 448 g/mol. The van der Waals surface area contributed by atoms with E-state index < -0.39 is 20.0 Å². The molecule has 0 amide bonds. The summed E-state index contributed by atoms with van der Waals surface area (Å²) in [5.41, 5.74) is 1.33. The zero-order valence-corrected chi connectivity index (χ0v) is 18.8. The van der Waals surface area contributed by atoms with Gasteiger partial charge >= 0.3 is 0 Å². The maximum absolute atomic E-state index is 12.6. The Morgan fingerprint density at radius 3 is 2.53 bits per heavy atom. The molecule has 0 saturated carbocycles. The van der Waals surface area contributed by atoms with Crippen LogP contribution in [0.2, 0.25) is 0 Å². The van der Waals surface area contributed by atoms with Crippen LogP contribution in [-0.2, 0) is 32.3 Å². The van der Waals surface area contributed by atoms with Gasteiger partial charge in [0.15, 0.2) is 5.16 Å². The van der Waals surface area contributed by atoms with Crippen LogP contribution in [-0.4, -0.2) is 43.8 Å². The van der Waals surface area contributed by atoms with Gasteiger partial charge < -0.3 is 8.98 Å². The van der Waals surface area contributed by atoms with E-state index in [0.29, 0.717) is 41.8 Å². The van der Waals surface area contributed by atoms with E-state index in [-0.39, 0.29) is 9.99 Å². The Labute approximate surface area is 179 Å². The number of sulfonamides is 2. The van der Waals surface area contributed by atoms with Crippen molar-refractivity contribution in [3.05, 3.63) is 36.1 Å². The van der Waals surface area contributed by atoms with Crippen molar-refractivity contribution in [2.75, 3.05) is 13.1 Å². The molecule has 1 fully saturated rings. The minimum absolute atomic E-state index is 0.00935. The number of aryl methyl sites for hydroxylation is 1. The summed E-state index contributed by atoms with van der Waals surface area (Å²) >= 11 is 1.39. The fraction of sp³-hybridized carbons (Fsp3) is 0.389. The number of fused-ring (bicyclic) bond motifs is 1. The second-order valence-electron chi connectivity index (χ2n) is 6.95. The van der Waals surface area contributed by atoms with Crippen molar-refractivity contribution in [3.8, 4) is 0 Å². The van der Waals surface area contributed by atoms with Gasteiger partial charge in [-0.15, -0.1) is 0 Å². The molecule has 1 aliphatic heterocycles. The van der Waals surface area contributed by atoms with E-state index in [1.807, 2.05) is 11.5 Å². The number of thioether (sulfide) groups is 1. The SMILES string of the molecule is CCn1c(SCc2ccc(S(=O)(=O)N3CCCC3)o2)nc2cc(S(N)(=O)=O)ccc21. The van der Waals surface area contributed by atoms with Crippen molar-refractivity contribution in [3.63, 3.8) is 0 Å². The van der Waals surface area contributed by atoms with Gasteiger partial charge in [0, 0.05) is 19.6 Å². The lowest BCUT2D eigenvalue weighted by atomic mass is 10.3. The summed E-state index contributed by atoms with van der Waals surface area (Å²) in [6, 6.07) is 7.75. The Kier molecular flexibility index (Phi) is 5.70. The molecule has 30 heavy (non-hydrogen) atoms. The molecule has 4 rings (SSSR count). The summed E-state index contributed by atoms with van der Waals surface area (Å²) in [7, 11) is -7.40. The lowest BCUT2D eigenvalue weighted by Crippen LogP contribution is -2.27. The van der Waals surface area contributed by atoms with Crippen LogP contribution in [0.5, 0.6) is 0 Å². The molecule has 0 atom stereocenters. The summed E-state index contributed by atoms with van der Waals surface area (Å²) in [4.78, 5) is 4.54. The van der Waals surface area contributed by atoms with Crippen LogP contribution < -0.4 is 5.14 Å². The predicted molar refractivity (Wildman–Crippen MR) is 113 cm³/mol. The van der Waals surface area contributed by atoms with Crippen molar-refractivity contribution in [2.24, 2.45) is 5.14 Å². The number of nitrogens with zero attached hydrogens (tertiary/aromatic N) is 3. The Balaban J connectivity index is 1.56. The van der Waals surface area contributed by atoms with Crippen LogP contribution in [0.3, 0.4) is 0 Å². The average Bonchev–Trinajstić information content (AvgIpc) is 3.44. The molecule has 1 aromatic carbocycles. The molecule has 162 valence electrons. The molecule has 0 unspecified atom stereocenters. The molecule has 0 spiro atoms. The first-order chi connectivity index (χ1) is 14.2. The van der Waals surface area contributed by atoms with Crippen molar-refractivity contribution in [1.29, 1.82) is 0 Å². The van der Waals surface area contributed by atoms with Gasteiger partial charge in [-0.2, -0.15) is 4.31 Å². The van der Waals surface area contributed by atoms with E-state index in [1.165, 1.54) is 34.3 Å². The van der Waals surface area contributed by atoms with Crippen molar-refractivity contribution in [1.82, 2.24) is 13.9 Å². The normalized spacial score (nSPS) is 15.9. The number of imidazole rings is 1. The fourth-order valence-electron chi connectivity index (χ4n) is 3.45. The number of furan rings is 1. The number of aromatic nitrogens is 2. The average molecular weight is 471 g/mol. The summed E-state index contributed by atoms with van der Waals surface area (Å²) < 4.78 is 57.4. The first kappa shape index (κ1) is 21.4. The maximum atomic E-state index is 12.6. The lowest BCUT2D eigenvalue weighted by Gasteiger charge is -2.12. The zero-order valence-electron chi connectivity index (χ0n) is 16.3. The highest BCUT2D eigenvalue weighted by atomic mass is 32.2. The third kappa shape index (κ3) is 4.02. The van der Waals surface area contributed by atoms with Gasteiger partial charge in [-0.05, 0) is 50.1 Å². The number of hydrogen-bond acceptors (Lipinski definition) is 7. The van der Waals surface area contributed by atoms with Gasteiger partial charge in [-0.1, -0.05) is 11.8 Å². The van der Waals surface area contributed by atoms with E-state index in [0.717, 1.165) is 18.4 Å². The van der Waals surface area contributed by atoms with Gasteiger partial charge in [0.2, 0.25) is 15.1 Å². The number of hydrogen-bond donors (Lipinski definition) is 1. The highest BCUT2D eigenvalue weighted by molar-refractivity contribution is 7.98. The lowest BCUT2D eigenvalue weighted by molar-refractivity contribution is 0.397. The summed E-state index contributed by atoms with van der Waals surface area (Å²) in [6.07, 6.45) is 1.73. The minimum atomic E-state index is -3.81. The number of nitrogens with two attached hydrogens (primary N) is 1. The van der Waals surface area contributed by atoms with Gasteiger partial charge in [-0.3, -0.25) is 0 Å². The molecule has 3 heterocycles.